The minimum Gasteiger partial charge on any atom is -0.423 e. The van der Waals surface area contributed by atoms with Gasteiger partial charge in [0.1, 0.15) is 5.54 Å². The highest BCUT2D eigenvalue weighted by Crippen LogP contribution is 2.33. The van der Waals surface area contributed by atoms with Crippen LogP contribution in [0.5, 0.6) is 5.75 Å². The van der Waals surface area contributed by atoms with Crippen molar-refractivity contribution in [1.82, 2.24) is 0 Å². The maximum absolute atomic E-state index is 11.6. The number of nitrogens with one attached hydrogen (secondary N) is 1. The van der Waals surface area contributed by atoms with E-state index in [4.69, 9.17) is 10.5 Å². The third-order valence-electron chi connectivity index (χ3n) is 2.44. The van der Waals surface area contributed by atoms with Crippen LogP contribution in [-0.2, 0) is 11.3 Å². The SMILES string of the molecule is CC1(C)Nc2ccc(CN)cc2OC1=O. The Kier molecular flexibility index (Phi) is 2.16. The number of fused-ring (bicyclic) bond motifs is 1. The van der Waals surface area contributed by atoms with Crippen molar-refractivity contribution in [3.8, 4) is 5.75 Å². The van der Waals surface area contributed by atoms with Gasteiger partial charge in [-0.25, -0.2) is 4.79 Å². The van der Waals surface area contributed by atoms with Crippen LogP contribution >= 0.6 is 0 Å². The van der Waals surface area contributed by atoms with E-state index in [1.54, 1.807) is 19.9 Å². The normalized spacial score (nSPS) is 17.7. The first-order chi connectivity index (χ1) is 7.03. The van der Waals surface area contributed by atoms with Crippen LogP contribution in [-0.4, -0.2) is 11.5 Å². The largest absolute Gasteiger partial charge is 0.423 e. The molecule has 0 radical (unpaired) electrons. The summed E-state index contributed by atoms with van der Waals surface area (Å²) in [5.41, 5.74) is 6.62. The van der Waals surface area contributed by atoms with E-state index in [0.717, 1.165) is 11.3 Å². The van der Waals surface area contributed by atoms with Gasteiger partial charge >= 0.3 is 5.97 Å². The molecule has 0 aromatic heterocycles. The molecule has 3 N–H and O–H groups in total. The van der Waals surface area contributed by atoms with Gasteiger partial charge in [-0.2, -0.15) is 0 Å². The van der Waals surface area contributed by atoms with Gasteiger partial charge in [-0.15, -0.1) is 0 Å². The lowest BCUT2D eigenvalue weighted by Gasteiger charge is -2.31. The predicted octanol–water partition coefficient (Wildman–Crippen LogP) is 1.25. The molecule has 1 aromatic carbocycles. The zero-order valence-electron chi connectivity index (χ0n) is 8.83. The van der Waals surface area contributed by atoms with Gasteiger partial charge in [0.15, 0.2) is 5.75 Å². The summed E-state index contributed by atoms with van der Waals surface area (Å²) in [6, 6.07) is 5.59. The summed E-state index contributed by atoms with van der Waals surface area (Å²) in [5.74, 6) is 0.284. The molecule has 1 aromatic rings. The van der Waals surface area contributed by atoms with E-state index in [0.29, 0.717) is 12.3 Å². The van der Waals surface area contributed by atoms with E-state index in [1.165, 1.54) is 0 Å². The average molecular weight is 206 g/mol. The minimum absolute atomic E-state index is 0.274. The summed E-state index contributed by atoms with van der Waals surface area (Å²) in [6.45, 7) is 4.01. The van der Waals surface area contributed by atoms with Gasteiger partial charge in [0, 0.05) is 6.54 Å². The molecule has 4 nitrogen and oxygen atoms in total. The van der Waals surface area contributed by atoms with Crippen LogP contribution in [0.3, 0.4) is 0 Å². The molecule has 2 rings (SSSR count). The summed E-state index contributed by atoms with van der Waals surface area (Å²) in [6.07, 6.45) is 0. The Morgan fingerprint density at radius 2 is 2.20 bits per heavy atom. The number of carbonyl (C=O) groups excluding carboxylic acids is 1. The Balaban J connectivity index is 2.41. The van der Waals surface area contributed by atoms with Gasteiger partial charge in [0.05, 0.1) is 5.69 Å². The number of hydrogen-bond acceptors (Lipinski definition) is 4. The van der Waals surface area contributed by atoms with Crippen molar-refractivity contribution in [2.45, 2.75) is 25.9 Å². The molecule has 0 bridgehead atoms. The topological polar surface area (TPSA) is 64.3 Å². The summed E-state index contributed by atoms with van der Waals surface area (Å²) in [5, 5.41) is 3.12. The standard InChI is InChI=1S/C11H14N2O2/c1-11(2)10(14)15-9-5-7(6-12)3-4-8(9)13-11/h3-5,13H,6,12H2,1-2H3. The number of ether oxygens (including phenoxy) is 1. The highest BCUT2D eigenvalue weighted by molar-refractivity contribution is 5.90. The van der Waals surface area contributed by atoms with E-state index in [2.05, 4.69) is 5.32 Å². The van der Waals surface area contributed by atoms with Gasteiger partial charge in [0.2, 0.25) is 0 Å². The quantitative estimate of drug-likeness (QED) is 0.536. The molecule has 0 unspecified atom stereocenters. The summed E-state index contributed by atoms with van der Waals surface area (Å²) in [7, 11) is 0. The van der Waals surface area contributed by atoms with Crippen LogP contribution in [0.15, 0.2) is 18.2 Å². The smallest absolute Gasteiger partial charge is 0.336 e. The summed E-state index contributed by atoms with van der Waals surface area (Å²) >= 11 is 0. The van der Waals surface area contributed by atoms with Crippen molar-refractivity contribution in [3.05, 3.63) is 23.8 Å². The van der Waals surface area contributed by atoms with E-state index in [9.17, 15) is 4.79 Å². The summed E-state index contributed by atoms with van der Waals surface area (Å²) < 4.78 is 5.23. The highest BCUT2D eigenvalue weighted by atomic mass is 16.5. The Morgan fingerprint density at radius 3 is 2.87 bits per heavy atom. The Hall–Kier alpha value is -1.55. The number of carbonyl (C=O) groups is 1. The lowest BCUT2D eigenvalue weighted by atomic mass is 10.0. The van der Waals surface area contributed by atoms with Gasteiger partial charge in [0.25, 0.3) is 0 Å². The van der Waals surface area contributed by atoms with Crippen molar-refractivity contribution in [3.63, 3.8) is 0 Å². The maximum atomic E-state index is 11.6. The Bertz CT molecular complexity index is 413. The van der Waals surface area contributed by atoms with E-state index < -0.39 is 5.54 Å². The maximum Gasteiger partial charge on any atom is 0.336 e. The van der Waals surface area contributed by atoms with Crippen molar-refractivity contribution in [2.24, 2.45) is 5.73 Å². The van der Waals surface area contributed by atoms with Gasteiger partial charge in [-0.1, -0.05) is 6.07 Å². The van der Waals surface area contributed by atoms with Gasteiger partial charge in [-0.3, -0.25) is 0 Å². The number of rotatable bonds is 1. The minimum atomic E-state index is -0.669. The molecule has 1 heterocycles. The molecule has 0 atom stereocenters. The first kappa shape index (κ1) is 9.98. The average Bonchev–Trinajstić information content (AvgIpc) is 2.19. The van der Waals surface area contributed by atoms with Gasteiger partial charge < -0.3 is 15.8 Å². The molecule has 4 heteroatoms. The van der Waals surface area contributed by atoms with Crippen molar-refractivity contribution < 1.29 is 9.53 Å². The van der Waals surface area contributed by atoms with Crippen LogP contribution in [0.2, 0.25) is 0 Å². The second kappa shape index (κ2) is 3.24. The third-order valence-corrected chi connectivity index (χ3v) is 2.44. The first-order valence-corrected chi connectivity index (χ1v) is 4.86. The zero-order chi connectivity index (χ0) is 11.1. The molecular weight excluding hydrogens is 192 g/mol. The Labute approximate surface area is 88.4 Å². The molecule has 80 valence electrons. The molecule has 0 spiro atoms. The molecule has 15 heavy (non-hydrogen) atoms. The molecule has 0 saturated heterocycles. The van der Waals surface area contributed by atoms with Crippen LogP contribution < -0.4 is 15.8 Å². The number of esters is 1. The number of benzene rings is 1. The van der Waals surface area contributed by atoms with Crippen LogP contribution in [0.4, 0.5) is 5.69 Å². The van der Waals surface area contributed by atoms with Crippen LogP contribution in [0.25, 0.3) is 0 Å². The second-order valence-electron chi connectivity index (χ2n) is 4.17. The molecule has 0 saturated carbocycles. The molecule has 0 fully saturated rings. The molecule has 1 aliphatic heterocycles. The summed E-state index contributed by atoms with van der Waals surface area (Å²) in [4.78, 5) is 11.6. The lowest BCUT2D eigenvalue weighted by molar-refractivity contribution is -0.139. The fraction of sp³-hybridized carbons (Fsp3) is 0.364. The second-order valence-corrected chi connectivity index (χ2v) is 4.17. The zero-order valence-corrected chi connectivity index (χ0v) is 8.83. The van der Waals surface area contributed by atoms with E-state index in [1.807, 2.05) is 12.1 Å². The van der Waals surface area contributed by atoms with Gasteiger partial charge in [-0.05, 0) is 31.5 Å². The molecule has 1 aliphatic rings. The lowest BCUT2D eigenvalue weighted by Crippen LogP contribution is -2.46. The molecule has 0 aliphatic carbocycles. The van der Waals surface area contributed by atoms with Crippen LogP contribution in [0.1, 0.15) is 19.4 Å². The fourth-order valence-corrected chi connectivity index (χ4v) is 1.50. The van der Waals surface area contributed by atoms with Crippen molar-refractivity contribution >= 4 is 11.7 Å². The van der Waals surface area contributed by atoms with E-state index >= 15 is 0 Å². The Morgan fingerprint density at radius 1 is 1.47 bits per heavy atom. The van der Waals surface area contributed by atoms with E-state index in [-0.39, 0.29) is 5.97 Å². The third kappa shape index (κ3) is 1.68. The number of nitrogens with two attached hydrogens (primary N) is 1. The molecular formula is C11H14N2O2. The fourth-order valence-electron chi connectivity index (χ4n) is 1.50. The number of anilines is 1. The number of hydrogen-bond donors (Lipinski definition) is 2. The molecule has 0 amide bonds. The highest BCUT2D eigenvalue weighted by Gasteiger charge is 2.35. The van der Waals surface area contributed by atoms with Crippen molar-refractivity contribution in [2.75, 3.05) is 5.32 Å². The van der Waals surface area contributed by atoms with Crippen molar-refractivity contribution in [1.29, 1.82) is 0 Å². The predicted molar refractivity (Wildman–Crippen MR) is 57.7 cm³/mol. The monoisotopic (exact) mass is 206 g/mol. The van der Waals surface area contributed by atoms with Crippen LogP contribution in [0, 0.1) is 0 Å². The first-order valence-electron chi connectivity index (χ1n) is 4.86.